The second-order valence-electron chi connectivity index (χ2n) is 7.64. The van der Waals surface area contributed by atoms with Gasteiger partial charge in [0.15, 0.2) is 11.5 Å². The third kappa shape index (κ3) is 3.23. The molecule has 1 aliphatic carbocycles. The molecule has 0 aromatic carbocycles. The predicted molar refractivity (Wildman–Crippen MR) is 104 cm³/mol. The third-order valence-electron chi connectivity index (χ3n) is 5.34. The molecule has 4 heterocycles. The van der Waals surface area contributed by atoms with Gasteiger partial charge < -0.3 is 9.64 Å². The van der Waals surface area contributed by atoms with Crippen LogP contribution in [-0.2, 0) is 0 Å². The smallest absolute Gasteiger partial charge is 0.265 e. The highest BCUT2D eigenvalue weighted by atomic mass is 32.1. The van der Waals surface area contributed by atoms with Crippen LogP contribution >= 0.6 is 11.3 Å². The summed E-state index contributed by atoms with van der Waals surface area (Å²) in [6.45, 7) is 5.84. The predicted octanol–water partition coefficient (Wildman–Crippen LogP) is 2.62. The van der Waals surface area contributed by atoms with E-state index >= 15 is 0 Å². The normalized spacial score (nSPS) is 19.5. The number of nitrogens with zero attached hydrogens (tertiary/aromatic N) is 6. The van der Waals surface area contributed by atoms with Gasteiger partial charge in [-0.2, -0.15) is 4.52 Å². The zero-order chi connectivity index (χ0) is 19.3. The Morgan fingerprint density at radius 2 is 2.11 bits per heavy atom. The monoisotopic (exact) mass is 398 g/mol. The van der Waals surface area contributed by atoms with Crippen LogP contribution in [-0.4, -0.2) is 55.3 Å². The highest BCUT2D eigenvalue weighted by Gasteiger charge is 2.31. The van der Waals surface area contributed by atoms with Crippen LogP contribution in [0.3, 0.4) is 0 Å². The van der Waals surface area contributed by atoms with E-state index in [9.17, 15) is 4.79 Å². The van der Waals surface area contributed by atoms with Crippen molar-refractivity contribution in [3.63, 3.8) is 0 Å². The molecular formula is C19H22N6O2S. The van der Waals surface area contributed by atoms with Gasteiger partial charge in [0, 0.05) is 31.0 Å². The molecule has 8 nitrogen and oxygen atoms in total. The molecular weight excluding hydrogens is 376 g/mol. The Balaban J connectivity index is 1.22. The summed E-state index contributed by atoms with van der Waals surface area (Å²) >= 11 is 1.47. The fourth-order valence-corrected chi connectivity index (χ4v) is 4.58. The number of ether oxygens (including phenoxy) is 1. The Hall–Kier alpha value is -2.55. The van der Waals surface area contributed by atoms with Crippen LogP contribution in [0.25, 0.3) is 5.65 Å². The van der Waals surface area contributed by atoms with Gasteiger partial charge in [-0.25, -0.2) is 4.98 Å². The summed E-state index contributed by atoms with van der Waals surface area (Å²) in [6, 6.07) is 3.72. The van der Waals surface area contributed by atoms with Crippen molar-refractivity contribution in [3.05, 3.63) is 33.5 Å². The first-order valence-corrected chi connectivity index (χ1v) is 10.5. The van der Waals surface area contributed by atoms with Crippen molar-refractivity contribution in [1.82, 2.24) is 29.7 Å². The zero-order valence-electron chi connectivity index (χ0n) is 16.0. The lowest BCUT2D eigenvalue weighted by Crippen LogP contribution is -2.29. The lowest BCUT2D eigenvalue weighted by atomic mass is 10.1. The van der Waals surface area contributed by atoms with Crippen LogP contribution in [0.1, 0.15) is 51.4 Å². The van der Waals surface area contributed by atoms with Crippen LogP contribution in [0.2, 0.25) is 0 Å². The number of carbonyl (C=O) groups is 1. The number of aryl methyl sites for hydroxylation is 2. The molecule has 3 aromatic heterocycles. The van der Waals surface area contributed by atoms with Gasteiger partial charge in [0.05, 0.1) is 17.3 Å². The Labute approximate surface area is 166 Å². The van der Waals surface area contributed by atoms with Crippen LogP contribution < -0.4 is 4.74 Å². The number of fused-ring (bicyclic) bond motifs is 1. The maximum atomic E-state index is 12.8. The van der Waals surface area contributed by atoms with Crippen molar-refractivity contribution in [2.45, 2.75) is 39.0 Å². The first-order valence-electron chi connectivity index (χ1n) is 9.67. The average molecular weight is 398 g/mol. The van der Waals surface area contributed by atoms with E-state index in [2.05, 4.69) is 20.3 Å². The Kier molecular flexibility index (Phi) is 4.26. The van der Waals surface area contributed by atoms with E-state index < -0.39 is 0 Å². The minimum absolute atomic E-state index is 0.0868. The van der Waals surface area contributed by atoms with Crippen LogP contribution in [0.4, 0.5) is 0 Å². The minimum atomic E-state index is 0.0868. The molecule has 1 atom stereocenters. The number of thiazole rings is 1. The molecule has 1 saturated carbocycles. The summed E-state index contributed by atoms with van der Waals surface area (Å²) in [5.41, 5.74) is 1.58. The standard InChI is InChI=1S/C19H22N6O2S/c1-11-17(28-12(2)20-11)19(26)24-8-7-13(9-24)10-27-16-6-5-15-21-22-18(14-3-4-14)25(15)23-16/h5-6,13-14H,3-4,7-10H2,1-2H3. The maximum Gasteiger partial charge on any atom is 0.265 e. The van der Waals surface area contributed by atoms with Crippen LogP contribution in [0, 0.1) is 19.8 Å². The van der Waals surface area contributed by atoms with Gasteiger partial charge in [-0.05, 0) is 39.2 Å². The molecule has 5 rings (SSSR count). The SMILES string of the molecule is Cc1nc(C)c(C(=O)N2CCC(COc3ccc4nnc(C5CC5)n4n3)C2)s1. The minimum Gasteiger partial charge on any atom is -0.476 e. The quantitative estimate of drug-likeness (QED) is 0.657. The fourth-order valence-electron chi connectivity index (χ4n) is 3.69. The Morgan fingerprint density at radius 3 is 2.86 bits per heavy atom. The molecule has 0 bridgehead atoms. The van der Waals surface area contributed by atoms with E-state index in [-0.39, 0.29) is 5.91 Å². The Bertz CT molecular complexity index is 1040. The summed E-state index contributed by atoms with van der Waals surface area (Å²) in [6.07, 6.45) is 3.24. The number of hydrogen-bond acceptors (Lipinski definition) is 7. The van der Waals surface area contributed by atoms with Gasteiger partial charge >= 0.3 is 0 Å². The molecule has 1 aliphatic heterocycles. The van der Waals surface area contributed by atoms with Crippen molar-refractivity contribution < 1.29 is 9.53 Å². The first kappa shape index (κ1) is 17.5. The van der Waals surface area contributed by atoms with E-state index in [1.165, 1.54) is 11.3 Å². The second-order valence-corrected chi connectivity index (χ2v) is 8.84. The first-order chi connectivity index (χ1) is 13.6. The molecule has 0 N–H and O–H groups in total. The molecule has 28 heavy (non-hydrogen) atoms. The average Bonchev–Trinajstić information content (AvgIpc) is 3.12. The topological polar surface area (TPSA) is 85.5 Å². The molecule has 1 unspecified atom stereocenters. The van der Waals surface area contributed by atoms with Gasteiger partial charge in [-0.3, -0.25) is 4.79 Å². The summed E-state index contributed by atoms with van der Waals surface area (Å²) in [5.74, 6) is 2.37. The Morgan fingerprint density at radius 1 is 1.25 bits per heavy atom. The number of likely N-dealkylation sites (tertiary alicyclic amines) is 1. The van der Waals surface area contributed by atoms with Crippen molar-refractivity contribution in [2.24, 2.45) is 5.92 Å². The van der Waals surface area contributed by atoms with E-state index in [0.717, 1.165) is 52.9 Å². The van der Waals surface area contributed by atoms with Crippen molar-refractivity contribution in [3.8, 4) is 5.88 Å². The van der Waals surface area contributed by atoms with Crippen LogP contribution in [0.15, 0.2) is 12.1 Å². The zero-order valence-corrected chi connectivity index (χ0v) is 16.8. The largest absolute Gasteiger partial charge is 0.476 e. The lowest BCUT2D eigenvalue weighted by Gasteiger charge is -2.16. The molecule has 1 amide bonds. The third-order valence-corrected chi connectivity index (χ3v) is 6.40. The van der Waals surface area contributed by atoms with Gasteiger partial charge in [0.25, 0.3) is 5.91 Å². The highest BCUT2D eigenvalue weighted by molar-refractivity contribution is 7.13. The van der Waals surface area contributed by atoms with Crippen molar-refractivity contribution >= 4 is 22.9 Å². The second kappa shape index (κ2) is 6.80. The van der Waals surface area contributed by atoms with E-state index in [0.29, 0.717) is 30.9 Å². The van der Waals surface area contributed by atoms with Gasteiger partial charge in [-0.15, -0.1) is 26.6 Å². The van der Waals surface area contributed by atoms with E-state index in [1.54, 1.807) is 4.52 Å². The molecule has 146 valence electrons. The molecule has 1 saturated heterocycles. The maximum absolute atomic E-state index is 12.8. The summed E-state index contributed by atoms with van der Waals surface area (Å²) < 4.78 is 7.75. The summed E-state index contributed by atoms with van der Waals surface area (Å²) in [5, 5.41) is 13.9. The van der Waals surface area contributed by atoms with Crippen LogP contribution in [0.5, 0.6) is 5.88 Å². The lowest BCUT2D eigenvalue weighted by molar-refractivity contribution is 0.0786. The van der Waals surface area contributed by atoms with Gasteiger partial charge in [-0.1, -0.05) is 0 Å². The molecule has 9 heteroatoms. The van der Waals surface area contributed by atoms with Gasteiger partial charge in [0.2, 0.25) is 5.88 Å². The molecule has 2 fully saturated rings. The number of amides is 1. The molecule has 3 aromatic rings. The molecule has 2 aliphatic rings. The molecule has 0 spiro atoms. The van der Waals surface area contributed by atoms with Gasteiger partial charge in [0.1, 0.15) is 4.88 Å². The van der Waals surface area contributed by atoms with Crippen molar-refractivity contribution in [2.75, 3.05) is 19.7 Å². The van der Waals surface area contributed by atoms with Crippen molar-refractivity contribution in [1.29, 1.82) is 0 Å². The van der Waals surface area contributed by atoms with E-state index in [1.807, 2.05) is 30.9 Å². The van der Waals surface area contributed by atoms with E-state index in [4.69, 9.17) is 4.74 Å². The summed E-state index contributed by atoms with van der Waals surface area (Å²) in [4.78, 5) is 19.8. The number of carbonyl (C=O) groups excluding carboxylic acids is 1. The summed E-state index contributed by atoms with van der Waals surface area (Å²) in [7, 11) is 0. The highest BCUT2D eigenvalue weighted by Crippen LogP contribution is 2.38. The number of rotatable bonds is 5. The molecule has 0 radical (unpaired) electrons. The fraction of sp³-hybridized carbons (Fsp3) is 0.526. The number of aromatic nitrogens is 5. The number of hydrogen-bond donors (Lipinski definition) is 0.